The lowest BCUT2D eigenvalue weighted by Crippen LogP contribution is -2.45. The molecule has 19 heavy (non-hydrogen) atoms. The van der Waals surface area contributed by atoms with Gasteiger partial charge in [-0.3, -0.25) is 0 Å². The van der Waals surface area contributed by atoms with Crippen molar-refractivity contribution < 1.29 is 9.53 Å². The fraction of sp³-hybridized carbons (Fsp3) is 0.500. The molecule has 1 aromatic carbocycles. The minimum Gasteiger partial charge on any atom is -0.444 e. The molecule has 0 atom stereocenters. The summed E-state index contributed by atoms with van der Waals surface area (Å²) in [7, 11) is 0. The van der Waals surface area contributed by atoms with Crippen LogP contribution in [0.3, 0.4) is 0 Å². The average molecular weight is 263 g/mol. The number of rotatable bonds is 1. The van der Waals surface area contributed by atoms with Crippen LogP contribution in [0, 0.1) is 0 Å². The minimum absolute atomic E-state index is 0.0118. The lowest BCUT2D eigenvalue weighted by atomic mass is 10.2. The minimum atomic E-state index is -0.474. The molecule has 1 aliphatic rings. The molecule has 3 N–H and O–H groups in total. The smallest absolute Gasteiger partial charge is 0.407 e. The number of benzene rings is 1. The summed E-state index contributed by atoms with van der Waals surface area (Å²) in [5.74, 6) is 0. The summed E-state index contributed by atoms with van der Waals surface area (Å²) in [6, 6.07) is 7.97. The molecule has 5 nitrogen and oxygen atoms in total. The van der Waals surface area contributed by atoms with E-state index in [0.717, 1.165) is 11.4 Å². The molecule has 0 aromatic heterocycles. The van der Waals surface area contributed by atoms with Crippen LogP contribution in [0.2, 0.25) is 0 Å². The summed E-state index contributed by atoms with van der Waals surface area (Å²) in [4.78, 5) is 11.7. The first-order valence-electron chi connectivity index (χ1n) is 6.50. The van der Waals surface area contributed by atoms with Crippen LogP contribution in [0.1, 0.15) is 20.8 Å². The molecule has 0 unspecified atom stereocenters. The molecule has 0 saturated carbocycles. The van der Waals surface area contributed by atoms with E-state index in [2.05, 4.69) is 16.0 Å². The number of carbonyl (C=O) groups excluding carboxylic acids is 1. The maximum atomic E-state index is 11.7. The third-order valence-corrected chi connectivity index (χ3v) is 2.73. The van der Waals surface area contributed by atoms with Crippen molar-refractivity contribution in [3.63, 3.8) is 0 Å². The van der Waals surface area contributed by atoms with Crippen molar-refractivity contribution in [3.05, 3.63) is 24.3 Å². The largest absolute Gasteiger partial charge is 0.444 e. The number of ether oxygens (including phenoxy) is 1. The van der Waals surface area contributed by atoms with Gasteiger partial charge in [-0.1, -0.05) is 12.1 Å². The highest BCUT2D eigenvalue weighted by molar-refractivity contribution is 5.71. The Hall–Kier alpha value is -1.91. The summed E-state index contributed by atoms with van der Waals surface area (Å²) in [6.45, 7) is 6.90. The van der Waals surface area contributed by atoms with Gasteiger partial charge in [0, 0.05) is 13.1 Å². The lowest BCUT2D eigenvalue weighted by Gasteiger charge is -2.23. The summed E-state index contributed by atoms with van der Waals surface area (Å²) in [5, 5.41) is 9.49. The number of nitrogens with one attached hydrogen (secondary N) is 3. The van der Waals surface area contributed by atoms with Gasteiger partial charge in [-0.2, -0.15) is 0 Å². The van der Waals surface area contributed by atoms with Crippen molar-refractivity contribution in [2.24, 2.45) is 0 Å². The summed E-state index contributed by atoms with van der Waals surface area (Å²) in [6.07, 6.45) is -0.382. The molecule has 0 aliphatic carbocycles. The van der Waals surface area contributed by atoms with Crippen molar-refractivity contribution >= 4 is 17.5 Å². The molecule has 0 saturated heterocycles. The molecule has 104 valence electrons. The number of anilines is 2. The zero-order valence-electron chi connectivity index (χ0n) is 11.6. The molecule has 2 rings (SSSR count). The summed E-state index contributed by atoms with van der Waals surface area (Å²) in [5.41, 5.74) is 1.63. The van der Waals surface area contributed by atoms with Crippen LogP contribution in [0.15, 0.2) is 24.3 Å². The highest BCUT2D eigenvalue weighted by Crippen LogP contribution is 2.22. The molecule has 1 heterocycles. The first-order valence-corrected chi connectivity index (χ1v) is 6.50. The van der Waals surface area contributed by atoms with Crippen LogP contribution >= 0.6 is 0 Å². The van der Waals surface area contributed by atoms with E-state index in [1.165, 1.54) is 0 Å². The van der Waals surface area contributed by atoms with E-state index >= 15 is 0 Å². The molecule has 1 aliphatic heterocycles. The number of hydrogen-bond donors (Lipinski definition) is 3. The van der Waals surface area contributed by atoms with Gasteiger partial charge in [0.2, 0.25) is 0 Å². The highest BCUT2D eigenvalue weighted by Gasteiger charge is 2.21. The number of alkyl carbamates (subject to hydrolysis) is 1. The quantitative estimate of drug-likeness (QED) is 0.728. The number of carbonyl (C=O) groups is 1. The Morgan fingerprint density at radius 1 is 1.21 bits per heavy atom. The predicted octanol–water partition coefficient (Wildman–Crippen LogP) is 2.42. The van der Waals surface area contributed by atoms with E-state index in [4.69, 9.17) is 4.74 Å². The van der Waals surface area contributed by atoms with Crippen molar-refractivity contribution in [2.45, 2.75) is 32.4 Å². The fourth-order valence-corrected chi connectivity index (χ4v) is 1.91. The Morgan fingerprint density at radius 2 is 1.74 bits per heavy atom. The normalized spacial score (nSPS) is 15.5. The zero-order chi connectivity index (χ0) is 13.9. The van der Waals surface area contributed by atoms with Gasteiger partial charge in [0.25, 0.3) is 0 Å². The van der Waals surface area contributed by atoms with Gasteiger partial charge in [-0.15, -0.1) is 0 Å². The standard InChI is InChI=1S/C14H21N3O2/c1-14(2,3)19-13(18)17-10-8-15-11-6-4-5-7-12(11)16-9-10/h4-7,10,15-16H,8-9H2,1-3H3,(H,17,18). The van der Waals surface area contributed by atoms with Gasteiger partial charge in [0.05, 0.1) is 17.4 Å². The van der Waals surface area contributed by atoms with Crippen molar-refractivity contribution in [1.29, 1.82) is 0 Å². The maximum Gasteiger partial charge on any atom is 0.407 e. The third kappa shape index (κ3) is 4.05. The van der Waals surface area contributed by atoms with Crippen LogP contribution in [0.4, 0.5) is 16.2 Å². The molecule has 1 amide bonds. The van der Waals surface area contributed by atoms with Crippen LogP contribution in [0.25, 0.3) is 0 Å². The summed E-state index contributed by atoms with van der Waals surface area (Å²) < 4.78 is 5.25. The molecule has 0 spiro atoms. The van der Waals surface area contributed by atoms with Crippen LogP contribution in [-0.2, 0) is 4.74 Å². The van der Waals surface area contributed by atoms with E-state index < -0.39 is 5.60 Å². The van der Waals surface area contributed by atoms with Gasteiger partial charge in [-0.05, 0) is 32.9 Å². The molecule has 0 radical (unpaired) electrons. The first kappa shape index (κ1) is 13.5. The van der Waals surface area contributed by atoms with E-state index in [0.29, 0.717) is 13.1 Å². The second-order valence-corrected chi connectivity index (χ2v) is 5.65. The highest BCUT2D eigenvalue weighted by atomic mass is 16.6. The maximum absolute atomic E-state index is 11.7. The Labute approximate surface area is 113 Å². The fourth-order valence-electron chi connectivity index (χ4n) is 1.91. The average Bonchev–Trinajstić information content (AvgIpc) is 2.50. The molecular weight excluding hydrogens is 242 g/mol. The van der Waals surface area contributed by atoms with E-state index in [-0.39, 0.29) is 12.1 Å². The second kappa shape index (κ2) is 5.38. The lowest BCUT2D eigenvalue weighted by molar-refractivity contribution is 0.0510. The van der Waals surface area contributed by atoms with Crippen LogP contribution < -0.4 is 16.0 Å². The topological polar surface area (TPSA) is 62.4 Å². The van der Waals surface area contributed by atoms with Gasteiger partial charge in [0.15, 0.2) is 0 Å². The van der Waals surface area contributed by atoms with Gasteiger partial charge in [0.1, 0.15) is 5.60 Å². The van der Waals surface area contributed by atoms with Crippen molar-refractivity contribution in [3.8, 4) is 0 Å². The predicted molar refractivity (Wildman–Crippen MR) is 76.6 cm³/mol. The van der Waals surface area contributed by atoms with Gasteiger partial charge >= 0.3 is 6.09 Å². The monoisotopic (exact) mass is 263 g/mol. The number of amides is 1. The molecule has 1 aromatic rings. The zero-order valence-corrected chi connectivity index (χ0v) is 11.6. The van der Waals surface area contributed by atoms with Gasteiger partial charge in [-0.25, -0.2) is 4.79 Å². The molecule has 0 bridgehead atoms. The van der Waals surface area contributed by atoms with Crippen LogP contribution in [-0.4, -0.2) is 30.8 Å². The van der Waals surface area contributed by atoms with Crippen LogP contribution in [0.5, 0.6) is 0 Å². The molecular formula is C14H21N3O2. The van der Waals surface area contributed by atoms with E-state index in [1.54, 1.807) is 0 Å². The SMILES string of the molecule is CC(C)(C)OC(=O)NC1CNc2ccccc2NC1. The number of hydrogen-bond acceptors (Lipinski definition) is 4. The molecule has 5 heteroatoms. The molecule has 0 fully saturated rings. The first-order chi connectivity index (χ1) is 8.94. The van der Waals surface area contributed by atoms with E-state index in [9.17, 15) is 4.79 Å². The Balaban J connectivity index is 1.90. The van der Waals surface area contributed by atoms with Crippen molar-refractivity contribution in [2.75, 3.05) is 23.7 Å². The number of para-hydroxylation sites is 2. The summed E-state index contributed by atoms with van der Waals surface area (Å²) >= 11 is 0. The second-order valence-electron chi connectivity index (χ2n) is 5.65. The Kier molecular flexibility index (Phi) is 3.83. The van der Waals surface area contributed by atoms with E-state index in [1.807, 2.05) is 45.0 Å². The Morgan fingerprint density at radius 3 is 2.21 bits per heavy atom. The third-order valence-electron chi connectivity index (χ3n) is 2.73. The van der Waals surface area contributed by atoms with Gasteiger partial charge < -0.3 is 20.7 Å². The van der Waals surface area contributed by atoms with Crippen molar-refractivity contribution in [1.82, 2.24) is 5.32 Å². The Bertz CT molecular complexity index is 427. The number of fused-ring (bicyclic) bond motifs is 1.